The lowest BCUT2D eigenvalue weighted by Crippen LogP contribution is -2.66. The smallest absolute Gasteiger partial charge is 0.226 e. The quantitative estimate of drug-likeness (QED) is 0.112. The highest BCUT2D eigenvalue weighted by Crippen LogP contribution is 2.74. The maximum absolute atomic E-state index is 14.8. The highest BCUT2D eigenvalue weighted by molar-refractivity contribution is 6.04. The molecule has 0 aromatic heterocycles. The number of allylic oxidation sites excluding steroid dienone is 14. The summed E-state index contributed by atoms with van der Waals surface area (Å²) < 4.78 is 0. The molecular weight excluding hydrogens is 743 g/mol. The molecule has 5 aliphatic carbocycles. The van der Waals surface area contributed by atoms with E-state index in [0.717, 1.165) is 89.0 Å². The Morgan fingerprint density at radius 2 is 1.37 bits per heavy atom. The first-order valence-electron chi connectivity index (χ1n) is 23.2. The second kappa shape index (κ2) is 19.3. The van der Waals surface area contributed by atoms with Crippen molar-refractivity contribution >= 4 is 23.4 Å². The Bertz CT molecular complexity index is 1880. The summed E-state index contributed by atoms with van der Waals surface area (Å²) >= 11 is 0. The lowest BCUT2D eigenvalue weighted by Gasteiger charge is -2.69. The van der Waals surface area contributed by atoms with Gasteiger partial charge in [-0.3, -0.25) is 19.2 Å². The first kappa shape index (κ1) is 47.0. The number of unbranched alkanes of at least 4 members (excludes halogenated alkanes) is 1. The van der Waals surface area contributed by atoms with Crippen molar-refractivity contribution < 1.29 is 19.2 Å². The van der Waals surface area contributed by atoms with Crippen LogP contribution in [0, 0.1) is 61.6 Å². The number of ketones is 2. The summed E-state index contributed by atoms with van der Waals surface area (Å²) in [4.78, 5) is 55.4. The van der Waals surface area contributed by atoms with Crippen molar-refractivity contribution in [3.05, 3.63) is 84.1 Å². The molecule has 3 saturated carbocycles. The van der Waals surface area contributed by atoms with Crippen LogP contribution in [0.4, 0.5) is 0 Å². The second-order valence-electron chi connectivity index (χ2n) is 20.6. The molecule has 0 heterocycles. The van der Waals surface area contributed by atoms with Crippen LogP contribution >= 0.6 is 0 Å². The molecule has 5 aliphatic rings. The maximum atomic E-state index is 14.8. The SMILES string of the molecule is CC/C=C\C/C=C\C/C=C\C/C=C\C/C=C\CCCC(=O)NCCNC(=O)[C@]12CCC(C)(C)C[C@H]1[C@H]1C(=O)C=C3[C@@]4(C)C=C(C#N)C(=O)C(C)(C)[C@@H]4CC[C@@]3(C)[C@]1(C)CC2. The van der Waals surface area contributed by atoms with Gasteiger partial charge in [0.2, 0.25) is 11.8 Å². The average molecular weight is 818 g/mol. The van der Waals surface area contributed by atoms with Crippen LogP contribution in [0.15, 0.2) is 84.1 Å². The van der Waals surface area contributed by atoms with E-state index < -0.39 is 16.2 Å². The fourth-order valence-electron chi connectivity index (χ4n) is 12.4. The number of nitrogens with zero attached hydrogens (tertiary/aromatic N) is 1. The van der Waals surface area contributed by atoms with Crippen molar-refractivity contribution in [1.29, 1.82) is 5.26 Å². The molecule has 3 fully saturated rings. The fraction of sp³-hybridized carbons (Fsp3) is 0.642. The number of rotatable bonds is 17. The van der Waals surface area contributed by atoms with E-state index in [1.165, 1.54) is 0 Å². The number of fused-ring (bicyclic) bond motifs is 7. The number of carbonyl (C=O) groups excluding carboxylic acids is 4. The molecule has 0 aliphatic heterocycles. The topological polar surface area (TPSA) is 116 Å². The van der Waals surface area contributed by atoms with Gasteiger partial charge < -0.3 is 10.6 Å². The molecule has 60 heavy (non-hydrogen) atoms. The van der Waals surface area contributed by atoms with Gasteiger partial charge in [-0.05, 0) is 124 Å². The molecule has 0 saturated heterocycles. The second-order valence-corrected chi connectivity index (χ2v) is 20.6. The first-order valence-corrected chi connectivity index (χ1v) is 23.2. The number of carbonyl (C=O) groups is 4. The molecule has 326 valence electrons. The van der Waals surface area contributed by atoms with Crippen LogP contribution in [-0.2, 0) is 19.2 Å². The average Bonchev–Trinajstić information content (AvgIpc) is 3.19. The van der Waals surface area contributed by atoms with Gasteiger partial charge in [0, 0.05) is 36.3 Å². The van der Waals surface area contributed by atoms with Crippen LogP contribution in [0.5, 0.6) is 0 Å². The van der Waals surface area contributed by atoms with Gasteiger partial charge in [0.05, 0.1) is 11.0 Å². The van der Waals surface area contributed by atoms with E-state index in [1.54, 1.807) is 0 Å². The van der Waals surface area contributed by atoms with Gasteiger partial charge in [-0.1, -0.05) is 128 Å². The third-order valence-corrected chi connectivity index (χ3v) is 16.0. The molecule has 0 unspecified atom stereocenters. The normalized spacial score (nSPS) is 33.3. The molecule has 0 radical (unpaired) electrons. The highest BCUT2D eigenvalue weighted by atomic mass is 16.2. The molecule has 7 atom stereocenters. The number of amides is 2. The predicted octanol–water partition coefficient (Wildman–Crippen LogP) is 11.4. The molecule has 7 heteroatoms. The van der Waals surface area contributed by atoms with Crippen molar-refractivity contribution in [2.75, 3.05) is 13.1 Å². The Morgan fingerprint density at radius 3 is 1.98 bits per heavy atom. The van der Waals surface area contributed by atoms with E-state index in [4.69, 9.17) is 0 Å². The number of hydrogen-bond donors (Lipinski definition) is 2. The van der Waals surface area contributed by atoms with Crippen molar-refractivity contribution in [3.63, 3.8) is 0 Å². The van der Waals surface area contributed by atoms with Gasteiger partial charge in [-0.2, -0.15) is 5.26 Å². The van der Waals surface area contributed by atoms with Crippen molar-refractivity contribution in [3.8, 4) is 6.07 Å². The van der Waals surface area contributed by atoms with Crippen LogP contribution in [-0.4, -0.2) is 36.5 Å². The Balaban J connectivity index is 1.14. The molecule has 0 aromatic rings. The Morgan fingerprint density at radius 1 is 0.783 bits per heavy atom. The maximum Gasteiger partial charge on any atom is 0.226 e. The molecule has 5 rings (SSSR count). The van der Waals surface area contributed by atoms with E-state index in [0.29, 0.717) is 25.9 Å². The minimum absolute atomic E-state index is 0.000315. The Kier molecular flexibility index (Phi) is 15.1. The summed E-state index contributed by atoms with van der Waals surface area (Å²) in [5.74, 6) is -0.389. The van der Waals surface area contributed by atoms with Gasteiger partial charge in [0.15, 0.2) is 11.6 Å². The van der Waals surface area contributed by atoms with Gasteiger partial charge in [-0.15, -0.1) is 0 Å². The van der Waals surface area contributed by atoms with Crippen molar-refractivity contribution in [1.82, 2.24) is 10.6 Å². The largest absolute Gasteiger partial charge is 0.354 e. The predicted molar refractivity (Wildman–Crippen MR) is 243 cm³/mol. The zero-order valence-corrected chi connectivity index (χ0v) is 38.3. The lowest BCUT2D eigenvalue weighted by molar-refractivity contribution is -0.178. The van der Waals surface area contributed by atoms with Crippen molar-refractivity contribution in [2.24, 2.45) is 50.2 Å². The Hall–Kier alpha value is -4.05. The summed E-state index contributed by atoms with van der Waals surface area (Å²) in [6.07, 6.45) is 38.2. The van der Waals surface area contributed by atoms with Crippen LogP contribution < -0.4 is 10.6 Å². The lowest BCUT2D eigenvalue weighted by atomic mass is 9.34. The van der Waals surface area contributed by atoms with Crippen LogP contribution in [0.1, 0.15) is 152 Å². The van der Waals surface area contributed by atoms with E-state index in [-0.39, 0.29) is 63.0 Å². The van der Waals surface area contributed by atoms with Gasteiger partial charge in [-0.25, -0.2) is 0 Å². The minimum atomic E-state index is -0.707. The summed E-state index contributed by atoms with van der Waals surface area (Å²) in [5.41, 5.74) is -1.36. The van der Waals surface area contributed by atoms with Gasteiger partial charge >= 0.3 is 0 Å². The van der Waals surface area contributed by atoms with E-state index in [2.05, 4.69) is 119 Å². The van der Waals surface area contributed by atoms with Crippen LogP contribution in [0.2, 0.25) is 0 Å². The van der Waals surface area contributed by atoms with E-state index in [9.17, 15) is 24.4 Å². The van der Waals surface area contributed by atoms with Gasteiger partial charge in [0.1, 0.15) is 6.07 Å². The standard InChI is InChI=1S/C53H75N3O4/c1-9-10-11-12-13-14-15-16-17-18-19-20-21-22-23-24-25-26-44(58)55-33-34-56-47(60)53-31-29-48(2,3)37-40(53)45-41(57)35-43-50(6)36-39(38-54)46(59)49(4,5)42(50)27-28-51(43,7)52(45,8)30-32-53/h10-11,13-14,16-17,19-20,22-23,35-36,40,42,45H,9,12,15,18,21,24-34,37H2,1-8H3,(H,55,58)(H,56,60)/b11-10-,14-13-,17-16-,20-19-,23-22-/t40-,42-,45-,50-,51+,52+,53-/m0/s1. The molecule has 0 aromatic carbocycles. The van der Waals surface area contributed by atoms with E-state index in [1.807, 2.05) is 26.0 Å². The molecule has 2 amide bonds. The zero-order chi connectivity index (χ0) is 43.8. The first-order chi connectivity index (χ1) is 28.4. The number of nitriles is 1. The van der Waals surface area contributed by atoms with Crippen LogP contribution in [0.3, 0.4) is 0 Å². The zero-order valence-electron chi connectivity index (χ0n) is 38.3. The summed E-state index contributed by atoms with van der Waals surface area (Å²) in [6, 6.07) is 2.20. The fourth-order valence-corrected chi connectivity index (χ4v) is 12.4. The van der Waals surface area contributed by atoms with Crippen molar-refractivity contribution in [2.45, 2.75) is 152 Å². The number of Topliss-reactive ketones (excluding diaryl/α,β-unsaturated/α-hetero) is 1. The molecule has 7 nitrogen and oxygen atoms in total. The third-order valence-electron chi connectivity index (χ3n) is 16.0. The van der Waals surface area contributed by atoms with Crippen LogP contribution in [0.25, 0.3) is 0 Å². The summed E-state index contributed by atoms with van der Waals surface area (Å²) in [5, 5.41) is 16.3. The van der Waals surface area contributed by atoms with E-state index >= 15 is 0 Å². The van der Waals surface area contributed by atoms with Gasteiger partial charge in [0.25, 0.3) is 0 Å². The Labute approximate surface area is 362 Å². The molecular formula is C53H75N3O4. The monoisotopic (exact) mass is 818 g/mol. The third kappa shape index (κ3) is 9.39. The minimum Gasteiger partial charge on any atom is -0.354 e. The molecule has 0 spiro atoms. The number of hydrogen-bond acceptors (Lipinski definition) is 5. The summed E-state index contributed by atoms with van der Waals surface area (Å²) in [7, 11) is 0. The highest BCUT2D eigenvalue weighted by Gasteiger charge is 2.70. The number of nitrogens with one attached hydrogen (secondary N) is 2. The summed E-state index contributed by atoms with van der Waals surface area (Å²) in [6.45, 7) is 18.2. The molecule has 0 bridgehead atoms. The molecule has 2 N–H and O–H groups in total.